The van der Waals surface area contributed by atoms with Crippen LogP contribution in [0.5, 0.6) is 0 Å². The van der Waals surface area contributed by atoms with E-state index >= 15 is 0 Å². The Labute approximate surface area is 128 Å². The van der Waals surface area contributed by atoms with E-state index in [-0.39, 0.29) is 5.91 Å². The minimum absolute atomic E-state index is 0.00981. The molecule has 0 aliphatic carbocycles. The van der Waals surface area contributed by atoms with E-state index in [1.807, 2.05) is 30.3 Å². The summed E-state index contributed by atoms with van der Waals surface area (Å²) in [4.78, 5) is 12.1. The van der Waals surface area contributed by atoms with Crippen LogP contribution in [0.1, 0.15) is 18.1 Å². The topological polar surface area (TPSA) is 29.1 Å². The first kappa shape index (κ1) is 14.9. The number of amides is 1. The van der Waals surface area contributed by atoms with E-state index in [0.29, 0.717) is 6.54 Å². The first-order chi connectivity index (χ1) is 9.63. The molecule has 0 bridgehead atoms. The molecular formula is C16H16ClNOS. The number of nitrogens with one attached hydrogen (secondary N) is 1. The van der Waals surface area contributed by atoms with E-state index in [9.17, 15) is 4.79 Å². The van der Waals surface area contributed by atoms with Crippen LogP contribution in [-0.4, -0.2) is 5.91 Å². The summed E-state index contributed by atoms with van der Waals surface area (Å²) in [7, 11) is 0. The molecule has 0 radical (unpaired) electrons. The van der Waals surface area contributed by atoms with Crippen LogP contribution < -0.4 is 5.32 Å². The van der Waals surface area contributed by atoms with Gasteiger partial charge in [-0.05, 0) is 35.4 Å². The van der Waals surface area contributed by atoms with Crippen LogP contribution in [-0.2, 0) is 17.1 Å². The molecule has 0 aromatic heterocycles. The van der Waals surface area contributed by atoms with E-state index < -0.39 is 0 Å². The number of rotatable bonds is 5. The smallest absolute Gasteiger partial charge is 0.217 e. The van der Waals surface area contributed by atoms with Crippen molar-refractivity contribution in [3.05, 3.63) is 64.7 Å². The maximum absolute atomic E-state index is 10.8. The highest BCUT2D eigenvalue weighted by atomic mass is 35.5. The van der Waals surface area contributed by atoms with Gasteiger partial charge in [-0.15, -0.1) is 11.8 Å². The molecule has 2 rings (SSSR count). The van der Waals surface area contributed by atoms with Crippen molar-refractivity contribution in [1.82, 2.24) is 5.32 Å². The lowest BCUT2D eigenvalue weighted by Gasteiger charge is -2.05. The fourth-order valence-corrected chi connectivity index (χ4v) is 2.78. The Balaban J connectivity index is 1.89. The number of benzene rings is 2. The molecule has 0 spiro atoms. The Morgan fingerprint density at radius 2 is 1.90 bits per heavy atom. The molecule has 0 saturated heterocycles. The third-order valence-corrected chi connectivity index (χ3v) is 4.08. The molecule has 0 atom stereocenters. The number of carbonyl (C=O) groups is 1. The molecule has 4 heteroatoms. The lowest BCUT2D eigenvalue weighted by molar-refractivity contribution is -0.119. The zero-order chi connectivity index (χ0) is 14.4. The molecule has 1 N–H and O–H groups in total. The van der Waals surface area contributed by atoms with Crippen molar-refractivity contribution in [2.75, 3.05) is 0 Å². The third kappa shape index (κ3) is 4.91. The number of carbonyl (C=O) groups excluding carboxylic acids is 1. The maximum Gasteiger partial charge on any atom is 0.217 e. The van der Waals surface area contributed by atoms with Crippen molar-refractivity contribution >= 4 is 29.3 Å². The number of halogens is 1. The lowest BCUT2D eigenvalue weighted by atomic mass is 10.2. The Morgan fingerprint density at radius 3 is 2.55 bits per heavy atom. The van der Waals surface area contributed by atoms with E-state index in [4.69, 9.17) is 11.6 Å². The van der Waals surface area contributed by atoms with E-state index in [2.05, 4.69) is 23.5 Å². The molecule has 0 fully saturated rings. The minimum atomic E-state index is -0.00981. The Morgan fingerprint density at radius 1 is 1.15 bits per heavy atom. The van der Waals surface area contributed by atoms with Gasteiger partial charge in [0, 0.05) is 29.1 Å². The molecule has 2 aromatic carbocycles. The van der Waals surface area contributed by atoms with E-state index in [1.165, 1.54) is 17.4 Å². The fraction of sp³-hybridized carbons (Fsp3) is 0.188. The van der Waals surface area contributed by atoms with Gasteiger partial charge in [0.05, 0.1) is 0 Å². The van der Waals surface area contributed by atoms with Gasteiger partial charge in [-0.1, -0.05) is 35.9 Å². The molecule has 0 heterocycles. The second-order valence-electron chi connectivity index (χ2n) is 4.47. The molecule has 2 nitrogen and oxygen atoms in total. The number of hydrogen-bond acceptors (Lipinski definition) is 2. The highest BCUT2D eigenvalue weighted by Crippen LogP contribution is 2.24. The highest BCUT2D eigenvalue weighted by molar-refractivity contribution is 7.98. The van der Waals surface area contributed by atoms with Crippen molar-refractivity contribution in [1.29, 1.82) is 0 Å². The largest absolute Gasteiger partial charge is 0.352 e. The number of hydrogen-bond donors (Lipinski definition) is 1. The van der Waals surface area contributed by atoms with Crippen LogP contribution in [0.2, 0.25) is 5.02 Å². The van der Waals surface area contributed by atoms with Crippen LogP contribution >= 0.6 is 23.4 Å². The van der Waals surface area contributed by atoms with Gasteiger partial charge in [-0.3, -0.25) is 4.79 Å². The molecule has 0 saturated carbocycles. The van der Waals surface area contributed by atoms with Crippen molar-refractivity contribution in [2.45, 2.75) is 24.1 Å². The standard InChI is InChI=1S/C16H16ClNOS/c1-12(19)18-10-13-5-7-16(8-6-13)20-11-14-3-2-4-15(17)9-14/h2-9H,10-11H2,1H3,(H,18,19). The van der Waals surface area contributed by atoms with Gasteiger partial charge in [0.2, 0.25) is 5.91 Å². The van der Waals surface area contributed by atoms with Crippen LogP contribution in [0.15, 0.2) is 53.4 Å². The predicted molar refractivity (Wildman–Crippen MR) is 85.0 cm³/mol. The summed E-state index contributed by atoms with van der Waals surface area (Å²) in [6.45, 7) is 2.10. The Kier molecular flexibility index (Phi) is 5.50. The summed E-state index contributed by atoms with van der Waals surface area (Å²) in [5.74, 6) is 0.885. The fourth-order valence-electron chi connectivity index (χ4n) is 1.72. The first-order valence-electron chi connectivity index (χ1n) is 6.34. The van der Waals surface area contributed by atoms with Gasteiger partial charge in [0.25, 0.3) is 0 Å². The normalized spacial score (nSPS) is 10.3. The quantitative estimate of drug-likeness (QED) is 0.836. The van der Waals surface area contributed by atoms with Crippen LogP contribution in [0.25, 0.3) is 0 Å². The van der Waals surface area contributed by atoms with Crippen molar-refractivity contribution in [3.63, 3.8) is 0 Å². The molecule has 20 heavy (non-hydrogen) atoms. The van der Waals surface area contributed by atoms with Crippen LogP contribution in [0.4, 0.5) is 0 Å². The molecule has 0 unspecified atom stereocenters. The first-order valence-corrected chi connectivity index (χ1v) is 7.70. The van der Waals surface area contributed by atoms with Gasteiger partial charge in [-0.25, -0.2) is 0 Å². The van der Waals surface area contributed by atoms with Gasteiger partial charge in [0.15, 0.2) is 0 Å². The molecular weight excluding hydrogens is 290 g/mol. The SMILES string of the molecule is CC(=O)NCc1ccc(SCc2cccc(Cl)c2)cc1. The second kappa shape index (κ2) is 7.36. The summed E-state index contributed by atoms with van der Waals surface area (Å²) in [5.41, 5.74) is 2.32. The molecule has 0 aliphatic heterocycles. The summed E-state index contributed by atoms with van der Waals surface area (Å²) in [5, 5.41) is 3.56. The van der Waals surface area contributed by atoms with Gasteiger partial charge >= 0.3 is 0 Å². The molecule has 2 aromatic rings. The van der Waals surface area contributed by atoms with Crippen molar-refractivity contribution in [2.24, 2.45) is 0 Å². The second-order valence-corrected chi connectivity index (χ2v) is 5.96. The summed E-state index contributed by atoms with van der Waals surface area (Å²) >= 11 is 7.73. The van der Waals surface area contributed by atoms with Gasteiger partial charge < -0.3 is 5.32 Å². The summed E-state index contributed by atoms with van der Waals surface area (Å²) in [6, 6.07) is 16.1. The molecule has 104 valence electrons. The Bertz CT molecular complexity index is 583. The maximum atomic E-state index is 10.8. The van der Waals surface area contributed by atoms with Gasteiger partial charge in [-0.2, -0.15) is 0 Å². The summed E-state index contributed by atoms with van der Waals surface area (Å²) in [6.07, 6.45) is 0. The zero-order valence-corrected chi connectivity index (χ0v) is 12.8. The average molecular weight is 306 g/mol. The summed E-state index contributed by atoms with van der Waals surface area (Å²) < 4.78 is 0. The monoisotopic (exact) mass is 305 g/mol. The van der Waals surface area contributed by atoms with Crippen molar-refractivity contribution in [3.8, 4) is 0 Å². The van der Waals surface area contributed by atoms with Crippen LogP contribution in [0, 0.1) is 0 Å². The molecule has 0 aliphatic rings. The number of thioether (sulfide) groups is 1. The Hall–Kier alpha value is -1.45. The molecule has 1 amide bonds. The van der Waals surface area contributed by atoms with Gasteiger partial charge in [0.1, 0.15) is 0 Å². The zero-order valence-electron chi connectivity index (χ0n) is 11.2. The predicted octanol–water partition coefficient (Wildman–Crippen LogP) is 4.27. The van der Waals surface area contributed by atoms with E-state index in [1.54, 1.807) is 11.8 Å². The lowest BCUT2D eigenvalue weighted by Crippen LogP contribution is -2.18. The van der Waals surface area contributed by atoms with Crippen molar-refractivity contribution < 1.29 is 4.79 Å². The van der Waals surface area contributed by atoms with Crippen LogP contribution in [0.3, 0.4) is 0 Å². The third-order valence-electron chi connectivity index (χ3n) is 2.76. The highest BCUT2D eigenvalue weighted by Gasteiger charge is 1.99. The average Bonchev–Trinajstić information content (AvgIpc) is 2.44. The van der Waals surface area contributed by atoms with E-state index in [0.717, 1.165) is 16.3 Å². The minimum Gasteiger partial charge on any atom is -0.352 e.